The highest BCUT2D eigenvalue weighted by atomic mass is 32.2. The molecule has 0 unspecified atom stereocenters. The molecule has 4 aromatic rings. The van der Waals surface area contributed by atoms with Crippen molar-refractivity contribution in [2.24, 2.45) is 0 Å². The zero-order valence-corrected chi connectivity index (χ0v) is 15.0. The molecule has 9 nitrogen and oxygen atoms in total. The maximum Gasteiger partial charge on any atom is 0.288 e. The predicted octanol–water partition coefficient (Wildman–Crippen LogP) is 3.37. The SMILES string of the molecule is O=[N+]([O-])c1ccc(Oc2ccccc2S(=O)(=O)n2nnc3ccccc32)cc1. The van der Waals surface area contributed by atoms with Gasteiger partial charge in [-0.2, -0.15) is 8.42 Å². The topological polar surface area (TPSA) is 117 Å². The van der Waals surface area contributed by atoms with Crippen LogP contribution >= 0.6 is 0 Å². The van der Waals surface area contributed by atoms with Crippen molar-refractivity contribution in [3.63, 3.8) is 0 Å². The number of benzene rings is 3. The molecule has 28 heavy (non-hydrogen) atoms. The zero-order chi connectivity index (χ0) is 19.7. The molecule has 0 radical (unpaired) electrons. The quantitative estimate of drug-likeness (QED) is 0.375. The summed E-state index contributed by atoms with van der Waals surface area (Å²) in [6.45, 7) is 0. The van der Waals surface area contributed by atoms with Crippen LogP contribution < -0.4 is 4.74 Å². The van der Waals surface area contributed by atoms with E-state index in [0.29, 0.717) is 11.0 Å². The van der Waals surface area contributed by atoms with Crippen LogP contribution in [0.5, 0.6) is 11.5 Å². The van der Waals surface area contributed by atoms with E-state index in [1.165, 1.54) is 36.4 Å². The largest absolute Gasteiger partial charge is 0.456 e. The molecule has 0 spiro atoms. The first-order valence-corrected chi connectivity index (χ1v) is 9.48. The molecule has 0 amide bonds. The van der Waals surface area contributed by atoms with Crippen molar-refractivity contribution < 1.29 is 18.1 Å². The Bertz CT molecular complexity index is 1280. The first-order valence-electron chi connectivity index (χ1n) is 8.04. The van der Waals surface area contributed by atoms with Crippen LogP contribution in [0.4, 0.5) is 5.69 Å². The Hall–Kier alpha value is -3.79. The van der Waals surface area contributed by atoms with Crippen LogP contribution in [0.25, 0.3) is 11.0 Å². The number of hydrogen-bond donors (Lipinski definition) is 0. The van der Waals surface area contributed by atoms with Crippen LogP contribution in [0.2, 0.25) is 0 Å². The highest BCUT2D eigenvalue weighted by molar-refractivity contribution is 7.90. The molecule has 0 fully saturated rings. The Labute approximate surface area is 159 Å². The first-order chi connectivity index (χ1) is 13.5. The molecule has 0 atom stereocenters. The molecule has 0 saturated heterocycles. The standard InChI is InChI=1S/C18H12N4O5S/c23-22(24)13-9-11-14(12-10-13)27-17-7-3-4-8-18(17)28(25,26)21-16-6-2-1-5-15(16)19-20-21/h1-12H. The number of ether oxygens (including phenoxy) is 1. The van der Waals surface area contributed by atoms with Crippen LogP contribution in [-0.4, -0.2) is 27.7 Å². The third kappa shape index (κ3) is 3.05. The van der Waals surface area contributed by atoms with Crippen LogP contribution in [0.3, 0.4) is 0 Å². The Kier molecular flexibility index (Phi) is 4.24. The fourth-order valence-corrected chi connectivity index (χ4v) is 3.98. The average Bonchev–Trinajstić information content (AvgIpc) is 3.14. The van der Waals surface area contributed by atoms with Gasteiger partial charge in [0.05, 0.1) is 4.92 Å². The van der Waals surface area contributed by atoms with Crippen molar-refractivity contribution in [2.75, 3.05) is 0 Å². The highest BCUT2D eigenvalue weighted by Gasteiger charge is 2.25. The number of hydrogen-bond acceptors (Lipinski definition) is 7. The van der Waals surface area contributed by atoms with Crippen LogP contribution in [0.15, 0.2) is 77.7 Å². The lowest BCUT2D eigenvalue weighted by Crippen LogP contribution is -2.15. The highest BCUT2D eigenvalue weighted by Crippen LogP contribution is 2.31. The molecule has 0 aliphatic carbocycles. The van der Waals surface area contributed by atoms with Gasteiger partial charge in [0.2, 0.25) is 0 Å². The van der Waals surface area contributed by atoms with Crippen molar-refractivity contribution in [2.45, 2.75) is 4.90 Å². The Morgan fingerprint density at radius 2 is 1.61 bits per heavy atom. The molecule has 0 saturated carbocycles. The van der Waals surface area contributed by atoms with Gasteiger partial charge in [0.15, 0.2) is 0 Å². The van der Waals surface area contributed by atoms with Crippen molar-refractivity contribution in [1.82, 2.24) is 14.4 Å². The van der Waals surface area contributed by atoms with Gasteiger partial charge in [-0.3, -0.25) is 10.1 Å². The smallest absolute Gasteiger partial charge is 0.288 e. The van der Waals surface area contributed by atoms with Crippen LogP contribution in [0.1, 0.15) is 0 Å². The zero-order valence-electron chi connectivity index (χ0n) is 14.2. The third-order valence-electron chi connectivity index (χ3n) is 3.95. The van der Waals surface area contributed by atoms with Crippen molar-refractivity contribution in [3.05, 3.63) is 82.9 Å². The molecule has 0 aliphatic heterocycles. The monoisotopic (exact) mass is 396 g/mol. The summed E-state index contributed by atoms with van der Waals surface area (Å²) in [5, 5.41) is 18.4. The van der Waals surface area contributed by atoms with E-state index >= 15 is 0 Å². The molecule has 0 bridgehead atoms. The summed E-state index contributed by atoms with van der Waals surface area (Å²) in [5.74, 6) is 0.327. The van der Waals surface area contributed by atoms with Crippen LogP contribution in [0, 0.1) is 10.1 Å². The van der Waals surface area contributed by atoms with Gasteiger partial charge in [0.25, 0.3) is 15.7 Å². The minimum absolute atomic E-state index is 0.0657. The number of nitro groups is 1. The maximum atomic E-state index is 13.2. The Morgan fingerprint density at radius 3 is 2.36 bits per heavy atom. The lowest BCUT2D eigenvalue weighted by Gasteiger charge is -2.11. The van der Waals surface area contributed by atoms with E-state index in [2.05, 4.69) is 10.3 Å². The summed E-state index contributed by atoms with van der Waals surface area (Å²) >= 11 is 0. The fraction of sp³-hybridized carbons (Fsp3) is 0. The summed E-state index contributed by atoms with van der Waals surface area (Å²) < 4.78 is 32.8. The van der Waals surface area contributed by atoms with Gasteiger partial charge < -0.3 is 4.74 Å². The third-order valence-corrected chi connectivity index (χ3v) is 5.57. The van der Waals surface area contributed by atoms with E-state index in [1.807, 2.05) is 0 Å². The number of para-hydroxylation sites is 2. The molecule has 140 valence electrons. The van der Waals surface area contributed by atoms with Gasteiger partial charge in [-0.05, 0) is 36.4 Å². The van der Waals surface area contributed by atoms with Crippen molar-refractivity contribution >= 4 is 26.7 Å². The van der Waals surface area contributed by atoms with Gasteiger partial charge in [-0.25, -0.2) is 0 Å². The van der Waals surface area contributed by atoms with Gasteiger partial charge in [-0.15, -0.1) is 9.19 Å². The lowest BCUT2D eigenvalue weighted by molar-refractivity contribution is -0.384. The first kappa shape index (κ1) is 17.6. The van der Waals surface area contributed by atoms with E-state index in [4.69, 9.17) is 4.74 Å². The molecule has 10 heteroatoms. The van der Waals surface area contributed by atoms with Crippen molar-refractivity contribution in [3.8, 4) is 11.5 Å². The number of nitrogens with zero attached hydrogens (tertiary/aromatic N) is 4. The number of non-ortho nitro benzene ring substituents is 1. The van der Waals surface area contributed by atoms with E-state index < -0.39 is 14.9 Å². The fourth-order valence-electron chi connectivity index (χ4n) is 2.63. The summed E-state index contributed by atoms with van der Waals surface area (Å²) in [6.07, 6.45) is 0. The predicted molar refractivity (Wildman–Crippen MR) is 99.7 cm³/mol. The van der Waals surface area contributed by atoms with Gasteiger partial charge in [0.1, 0.15) is 27.4 Å². The number of fused-ring (bicyclic) bond motifs is 1. The second kappa shape index (κ2) is 6.74. The molecule has 1 heterocycles. The van der Waals surface area contributed by atoms with E-state index in [0.717, 1.165) is 4.09 Å². The molecular weight excluding hydrogens is 384 g/mol. The van der Waals surface area contributed by atoms with E-state index in [1.54, 1.807) is 36.4 Å². The number of aromatic nitrogens is 3. The van der Waals surface area contributed by atoms with Gasteiger partial charge in [0, 0.05) is 12.1 Å². The van der Waals surface area contributed by atoms with Gasteiger partial charge in [-0.1, -0.05) is 29.5 Å². The summed E-state index contributed by atoms with van der Waals surface area (Å²) in [4.78, 5) is 10.1. The number of nitro benzene ring substituents is 1. The normalized spacial score (nSPS) is 11.4. The van der Waals surface area contributed by atoms with Gasteiger partial charge >= 0.3 is 0 Å². The second-order valence-electron chi connectivity index (χ2n) is 5.73. The number of rotatable bonds is 5. The minimum atomic E-state index is -4.08. The lowest BCUT2D eigenvalue weighted by atomic mass is 10.3. The summed E-state index contributed by atoms with van der Waals surface area (Å²) in [5.41, 5.74) is 0.690. The molecule has 4 rings (SSSR count). The minimum Gasteiger partial charge on any atom is -0.456 e. The molecule has 3 aromatic carbocycles. The van der Waals surface area contributed by atoms with E-state index in [9.17, 15) is 18.5 Å². The van der Waals surface area contributed by atoms with E-state index in [-0.39, 0.29) is 22.1 Å². The molecule has 0 N–H and O–H groups in total. The Balaban J connectivity index is 1.76. The summed E-state index contributed by atoms with van der Waals surface area (Å²) in [6, 6.07) is 18.1. The van der Waals surface area contributed by atoms with Crippen molar-refractivity contribution in [1.29, 1.82) is 0 Å². The Morgan fingerprint density at radius 1 is 0.929 bits per heavy atom. The molecule has 0 aliphatic rings. The second-order valence-corrected chi connectivity index (χ2v) is 7.46. The summed E-state index contributed by atoms with van der Waals surface area (Å²) in [7, 11) is -4.08. The average molecular weight is 396 g/mol. The molecular formula is C18H12N4O5S. The van der Waals surface area contributed by atoms with Crippen LogP contribution in [-0.2, 0) is 10.0 Å². The molecule has 1 aromatic heterocycles. The maximum absolute atomic E-state index is 13.2.